The second-order valence-electron chi connectivity index (χ2n) is 5.59. The standard InChI is InChI=1S/C18H14FN3O3S/c1-10-16(26-18(20-10)22-12-4-2-11(19)3-5-12)17(23)21-13-6-7-14-15(8-13)25-9-24-14/h2-8H,9H2,1H3,(H,20,22)(H,21,23). The van der Waals surface area contributed by atoms with E-state index in [1.54, 1.807) is 37.3 Å². The first-order valence-electron chi connectivity index (χ1n) is 7.79. The second-order valence-corrected chi connectivity index (χ2v) is 6.59. The van der Waals surface area contributed by atoms with Gasteiger partial charge in [0, 0.05) is 17.4 Å². The van der Waals surface area contributed by atoms with Crippen LogP contribution in [0.3, 0.4) is 0 Å². The van der Waals surface area contributed by atoms with Crippen molar-refractivity contribution in [3.63, 3.8) is 0 Å². The van der Waals surface area contributed by atoms with Gasteiger partial charge in [-0.25, -0.2) is 9.37 Å². The third-order valence-corrected chi connectivity index (χ3v) is 4.80. The van der Waals surface area contributed by atoms with E-state index in [4.69, 9.17) is 9.47 Å². The van der Waals surface area contributed by atoms with Crippen LogP contribution in [0, 0.1) is 12.7 Å². The lowest BCUT2D eigenvalue weighted by Crippen LogP contribution is -2.11. The summed E-state index contributed by atoms with van der Waals surface area (Å²) in [6, 6.07) is 11.1. The molecule has 0 atom stereocenters. The minimum atomic E-state index is -0.310. The van der Waals surface area contributed by atoms with Crippen molar-refractivity contribution in [1.82, 2.24) is 4.98 Å². The van der Waals surface area contributed by atoms with Crippen molar-refractivity contribution in [2.75, 3.05) is 17.4 Å². The summed E-state index contributed by atoms with van der Waals surface area (Å²) < 4.78 is 23.5. The fourth-order valence-corrected chi connectivity index (χ4v) is 3.36. The van der Waals surface area contributed by atoms with Gasteiger partial charge in [0.1, 0.15) is 10.7 Å². The zero-order valence-corrected chi connectivity index (χ0v) is 14.5. The number of aryl methyl sites for hydroxylation is 1. The maximum atomic E-state index is 13.0. The van der Waals surface area contributed by atoms with Crippen LogP contribution in [0.4, 0.5) is 20.9 Å². The van der Waals surface area contributed by atoms with Gasteiger partial charge >= 0.3 is 0 Å². The lowest BCUT2D eigenvalue weighted by atomic mass is 10.2. The number of rotatable bonds is 4. The van der Waals surface area contributed by atoms with E-state index in [0.29, 0.717) is 38.6 Å². The van der Waals surface area contributed by atoms with Crippen molar-refractivity contribution in [3.8, 4) is 11.5 Å². The van der Waals surface area contributed by atoms with Crippen LogP contribution in [0.25, 0.3) is 0 Å². The third-order valence-electron chi connectivity index (χ3n) is 3.73. The quantitative estimate of drug-likeness (QED) is 0.715. The molecular weight excluding hydrogens is 357 g/mol. The molecule has 6 nitrogen and oxygen atoms in total. The second kappa shape index (κ2) is 6.64. The van der Waals surface area contributed by atoms with E-state index in [1.165, 1.54) is 23.5 Å². The Hall–Kier alpha value is -3.13. The molecule has 0 radical (unpaired) electrons. The first kappa shape index (κ1) is 16.3. The fourth-order valence-electron chi connectivity index (χ4n) is 2.48. The Morgan fingerprint density at radius 2 is 1.85 bits per heavy atom. The first-order valence-corrected chi connectivity index (χ1v) is 8.61. The number of hydrogen-bond acceptors (Lipinski definition) is 6. The molecule has 0 unspecified atom stereocenters. The Balaban J connectivity index is 1.49. The number of carbonyl (C=O) groups excluding carboxylic acids is 1. The summed E-state index contributed by atoms with van der Waals surface area (Å²) in [6.07, 6.45) is 0. The lowest BCUT2D eigenvalue weighted by molar-refractivity contribution is 0.103. The monoisotopic (exact) mass is 371 g/mol. The molecule has 0 bridgehead atoms. The van der Waals surface area contributed by atoms with Gasteiger partial charge in [-0.3, -0.25) is 4.79 Å². The predicted molar refractivity (Wildman–Crippen MR) is 97.1 cm³/mol. The molecule has 2 N–H and O–H groups in total. The van der Waals surface area contributed by atoms with E-state index in [9.17, 15) is 9.18 Å². The summed E-state index contributed by atoms with van der Waals surface area (Å²) in [7, 11) is 0. The molecule has 132 valence electrons. The van der Waals surface area contributed by atoms with Crippen molar-refractivity contribution >= 4 is 33.8 Å². The molecule has 1 aliphatic heterocycles. The van der Waals surface area contributed by atoms with Gasteiger partial charge < -0.3 is 20.1 Å². The van der Waals surface area contributed by atoms with Gasteiger partial charge in [-0.1, -0.05) is 11.3 Å². The molecule has 0 saturated heterocycles. The fraction of sp³-hybridized carbons (Fsp3) is 0.111. The van der Waals surface area contributed by atoms with Crippen LogP contribution in [0.5, 0.6) is 11.5 Å². The third kappa shape index (κ3) is 3.31. The van der Waals surface area contributed by atoms with Gasteiger partial charge in [0.2, 0.25) is 6.79 Å². The number of thiazole rings is 1. The number of anilines is 3. The molecule has 0 aliphatic carbocycles. The number of carbonyl (C=O) groups is 1. The number of ether oxygens (including phenoxy) is 2. The number of hydrogen-bond donors (Lipinski definition) is 2. The topological polar surface area (TPSA) is 72.5 Å². The van der Waals surface area contributed by atoms with E-state index in [-0.39, 0.29) is 18.5 Å². The number of fused-ring (bicyclic) bond motifs is 1. The highest BCUT2D eigenvalue weighted by atomic mass is 32.1. The summed E-state index contributed by atoms with van der Waals surface area (Å²) in [5.74, 6) is 0.686. The summed E-state index contributed by atoms with van der Waals surface area (Å²) in [6.45, 7) is 1.94. The molecule has 0 spiro atoms. The predicted octanol–water partition coefficient (Wildman–Crippen LogP) is 4.32. The molecule has 1 aromatic heterocycles. The number of benzene rings is 2. The van der Waals surface area contributed by atoms with Crippen LogP contribution in [0.15, 0.2) is 42.5 Å². The van der Waals surface area contributed by atoms with E-state index in [2.05, 4.69) is 15.6 Å². The molecule has 0 fully saturated rings. The summed E-state index contributed by atoms with van der Waals surface area (Å²) in [4.78, 5) is 17.4. The zero-order chi connectivity index (χ0) is 18.1. The molecule has 4 rings (SSSR count). The van der Waals surface area contributed by atoms with Gasteiger partial charge in [-0.15, -0.1) is 0 Å². The maximum absolute atomic E-state index is 13.0. The number of aromatic nitrogens is 1. The highest BCUT2D eigenvalue weighted by molar-refractivity contribution is 7.17. The molecule has 0 saturated carbocycles. The number of nitrogens with zero attached hydrogens (tertiary/aromatic N) is 1. The maximum Gasteiger partial charge on any atom is 0.267 e. The molecule has 26 heavy (non-hydrogen) atoms. The highest BCUT2D eigenvalue weighted by Crippen LogP contribution is 2.34. The first-order chi connectivity index (χ1) is 12.6. The van der Waals surface area contributed by atoms with Gasteiger partial charge in [0.25, 0.3) is 5.91 Å². The molecule has 1 aliphatic rings. The van der Waals surface area contributed by atoms with E-state index >= 15 is 0 Å². The van der Waals surface area contributed by atoms with Crippen molar-refractivity contribution in [2.24, 2.45) is 0 Å². The average molecular weight is 371 g/mol. The number of amides is 1. The van der Waals surface area contributed by atoms with Crippen molar-refractivity contribution in [2.45, 2.75) is 6.92 Å². The molecule has 8 heteroatoms. The van der Waals surface area contributed by atoms with E-state index < -0.39 is 0 Å². The average Bonchev–Trinajstić information content (AvgIpc) is 3.23. The summed E-state index contributed by atoms with van der Waals surface area (Å²) in [5.41, 5.74) is 1.92. The van der Waals surface area contributed by atoms with Crippen LogP contribution in [0.1, 0.15) is 15.4 Å². The van der Waals surface area contributed by atoms with Gasteiger partial charge in [0.15, 0.2) is 16.6 Å². The minimum Gasteiger partial charge on any atom is -0.454 e. The SMILES string of the molecule is Cc1nc(Nc2ccc(F)cc2)sc1C(=O)Nc1ccc2c(c1)OCO2. The van der Waals surface area contributed by atoms with Crippen molar-refractivity contribution in [3.05, 3.63) is 58.9 Å². The van der Waals surface area contributed by atoms with Crippen LogP contribution in [-0.2, 0) is 0 Å². The number of nitrogens with one attached hydrogen (secondary N) is 2. The highest BCUT2D eigenvalue weighted by Gasteiger charge is 2.18. The van der Waals surface area contributed by atoms with Crippen LogP contribution in [0.2, 0.25) is 0 Å². The van der Waals surface area contributed by atoms with Crippen LogP contribution in [-0.4, -0.2) is 17.7 Å². The molecule has 1 amide bonds. The van der Waals surface area contributed by atoms with Crippen molar-refractivity contribution < 1.29 is 18.7 Å². The van der Waals surface area contributed by atoms with E-state index in [1.807, 2.05) is 0 Å². The van der Waals surface area contributed by atoms with Gasteiger partial charge in [-0.2, -0.15) is 0 Å². The Morgan fingerprint density at radius 1 is 1.12 bits per heavy atom. The Kier molecular flexibility index (Phi) is 4.18. The van der Waals surface area contributed by atoms with E-state index in [0.717, 1.165) is 0 Å². The Labute approximate surface area is 152 Å². The van der Waals surface area contributed by atoms with Crippen molar-refractivity contribution in [1.29, 1.82) is 0 Å². The normalized spacial score (nSPS) is 12.1. The minimum absolute atomic E-state index is 0.180. The number of halogens is 1. The smallest absolute Gasteiger partial charge is 0.267 e. The lowest BCUT2D eigenvalue weighted by Gasteiger charge is -2.05. The van der Waals surface area contributed by atoms with Gasteiger partial charge in [0.05, 0.1) is 5.69 Å². The molecule has 2 aromatic carbocycles. The molecule has 2 heterocycles. The Morgan fingerprint density at radius 3 is 2.65 bits per heavy atom. The largest absolute Gasteiger partial charge is 0.454 e. The summed E-state index contributed by atoms with van der Waals surface area (Å²) in [5, 5.41) is 6.46. The summed E-state index contributed by atoms with van der Waals surface area (Å²) >= 11 is 1.23. The Bertz CT molecular complexity index is 972. The van der Waals surface area contributed by atoms with Crippen LogP contribution < -0.4 is 20.1 Å². The molecule has 3 aromatic rings. The zero-order valence-electron chi connectivity index (χ0n) is 13.7. The molecular formula is C18H14FN3O3S. The van der Waals surface area contributed by atoms with Crippen LogP contribution >= 0.6 is 11.3 Å². The van der Waals surface area contributed by atoms with Gasteiger partial charge in [-0.05, 0) is 43.3 Å².